The topological polar surface area (TPSA) is 113 Å². The molecule has 11 heteroatoms. The third kappa shape index (κ3) is 5.02. The van der Waals surface area contributed by atoms with Crippen molar-refractivity contribution in [2.75, 3.05) is 13.1 Å². The number of hydrogen-bond donors (Lipinski definition) is 2. The number of hydrogen-bond acceptors (Lipinski definition) is 7. The summed E-state index contributed by atoms with van der Waals surface area (Å²) in [5.74, 6) is -0.736. The van der Waals surface area contributed by atoms with Crippen LogP contribution < -0.4 is 5.32 Å². The van der Waals surface area contributed by atoms with E-state index in [2.05, 4.69) is 34.3 Å². The van der Waals surface area contributed by atoms with Gasteiger partial charge in [0.2, 0.25) is 0 Å². The summed E-state index contributed by atoms with van der Waals surface area (Å²) in [7, 11) is 0. The summed E-state index contributed by atoms with van der Waals surface area (Å²) in [6.45, 7) is 6.43. The molecular formula is C25H26ClN5O4S. The molecule has 1 amide bonds. The van der Waals surface area contributed by atoms with Crippen molar-refractivity contribution in [3.8, 4) is 10.6 Å². The summed E-state index contributed by atoms with van der Waals surface area (Å²) < 4.78 is 7.72. The number of fused-ring (bicyclic) bond motifs is 1. The van der Waals surface area contributed by atoms with Crippen LogP contribution in [0.3, 0.4) is 0 Å². The highest BCUT2D eigenvalue weighted by atomic mass is 35.5. The first-order valence-corrected chi connectivity index (χ1v) is 13.0. The normalized spacial score (nSPS) is 15.1. The van der Waals surface area contributed by atoms with Gasteiger partial charge in [-0.25, -0.2) is 4.79 Å². The van der Waals surface area contributed by atoms with E-state index < -0.39 is 5.97 Å². The second-order valence-electron chi connectivity index (χ2n) is 9.21. The van der Waals surface area contributed by atoms with Crippen molar-refractivity contribution in [1.29, 1.82) is 0 Å². The molecule has 0 radical (unpaired) electrons. The summed E-state index contributed by atoms with van der Waals surface area (Å²) in [6.07, 6.45) is 1.75. The van der Waals surface area contributed by atoms with Crippen molar-refractivity contribution in [2.45, 2.75) is 45.3 Å². The number of carbonyl (C=O) groups is 2. The molecule has 188 valence electrons. The predicted molar refractivity (Wildman–Crippen MR) is 138 cm³/mol. The third-order valence-corrected chi connectivity index (χ3v) is 7.74. The SMILES string of the molecule is CC(C)N1CCC(NC(=O)c2nn(Cc3cc(-c4ccc(Cl)s4)on3)c3cc(C(=O)O)ccc23)CC1. The highest BCUT2D eigenvalue weighted by Crippen LogP contribution is 2.31. The molecule has 1 fully saturated rings. The van der Waals surface area contributed by atoms with E-state index in [1.165, 1.54) is 23.5 Å². The van der Waals surface area contributed by atoms with Crippen molar-refractivity contribution >= 4 is 45.7 Å². The highest BCUT2D eigenvalue weighted by molar-refractivity contribution is 7.19. The molecule has 4 aromatic rings. The Morgan fingerprint density at radius 2 is 2.00 bits per heavy atom. The van der Waals surface area contributed by atoms with Crippen LogP contribution in [0.25, 0.3) is 21.5 Å². The number of carboxylic acids is 1. The van der Waals surface area contributed by atoms with E-state index in [0.717, 1.165) is 30.8 Å². The summed E-state index contributed by atoms with van der Waals surface area (Å²) >= 11 is 7.41. The van der Waals surface area contributed by atoms with Crippen LogP contribution >= 0.6 is 22.9 Å². The van der Waals surface area contributed by atoms with Gasteiger partial charge in [-0.05, 0) is 57.0 Å². The molecule has 0 spiro atoms. The van der Waals surface area contributed by atoms with Gasteiger partial charge in [-0.1, -0.05) is 16.8 Å². The van der Waals surface area contributed by atoms with Gasteiger partial charge in [0.1, 0.15) is 5.69 Å². The van der Waals surface area contributed by atoms with Gasteiger partial charge in [0, 0.05) is 36.6 Å². The van der Waals surface area contributed by atoms with Crippen molar-refractivity contribution in [3.05, 3.63) is 57.7 Å². The maximum Gasteiger partial charge on any atom is 0.335 e. The second kappa shape index (κ2) is 10.0. The van der Waals surface area contributed by atoms with Crippen LogP contribution in [0.1, 0.15) is 53.2 Å². The van der Waals surface area contributed by atoms with Crippen LogP contribution in [0, 0.1) is 0 Å². The molecule has 2 N–H and O–H groups in total. The van der Waals surface area contributed by atoms with E-state index >= 15 is 0 Å². The Balaban J connectivity index is 1.41. The lowest BCUT2D eigenvalue weighted by Gasteiger charge is -2.34. The number of amides is 1. The highest BCUT2D eigenvalue weighted by Gasteiger charge is 2.25. The van der Waals surface area contributed by atoms with Gasteiger partial charge in [0.25, 0.3) is 5.91 Å². The molecule has 1 aliphatic rings. The molecule has 1 aromatic carbocycles. The van der Waals surface area contributed by atoms with Crippen LogP contribution in [-0.2, 0) is 6.54 Å². The number of piperidine rings is 1. The molecule has 1 saturated heterocycles. The first-order chi connectivity index (χ1) is 17.3. The molecule has 5 rings (SSSR count). The lowest BCUT2D eigenvalue weighted by atomic mass is 10.0. The van der Waals surface area contributed by atoms with E-state index in [4.69, 9.17) is 16.1 Å². The number of aromatic carboxylic acids is 1. The predicted octanol–water partition coefficient (Wildman–Crippen LogP) is 4.76. The van der Waals surface area contributed by atoms with Crippen LogP contribution in [0.15, 0.2) is 40.9 Å². The van der Waals surface area contributed by atoms with Crippen molar-refractivity contribution < 1.29 is 19.2 Å². The lowest BCUT2D eigenvalue weighted by molar-refractivity contribution is 0.0696. The molecule has 0 atom stereocenters. The smallest absolute Gasteiger partial charge is 0.335 e. The minimum absolute atomic E-state index is 0.0710. The van der Waals surface area contributed by atoms with Gasteiger partial charge in [-0.2, -0.15) is 5.10 Å². The number of carbonyl (C=O) groups excluding carboxylic acids is 1. The van der Waals surface area contributed by atoms with E-state index in [0.29, 0.717) is 32.7 Å². The van der Waals surface area contributed by atoms with E-state index in [-0.39, 0.29) is 29.8 Å². The molecule has 0 saturated carbocycles. The molecule has 36 heavy (non-hydrogen) atoms. The summed E-state index contributed by atoms with van der Waals surface area (Å²) in [5, 5.41) is 21.9. The molecule has 0 unspecified atom stereocenters. The van der Waals surface area contributed by atoms with E-state index in [9.17, 15) is 14.7 Å². The Morgan fingerprint density at radius 1 is 1.22 bits per heavy atom. The monoisotopic (exact) mass is 527 g/mol. The number of halogens is 1. The Bertz CT molecular complexity index is 1420. The van der Waals surface area contributed by atoms with Gasteiger partial charge in [0.05, 0.1) is 26.8 Å². The molecular weight excluding hydrogens is 502 g/mol. The molecule has 4 heterocycles. The largest absolute Gasteiger partial charge is 0.478 e. The Labute approximate surface area is 216 Å². The lowest BCUT2D eigenvalue weighted by Crippen LogP contribution is -2.46. The van der Waals surface area contributed by atoms with E-state index in [1.807, 2.05) is 6.07 Å². The number of carboxylic acid groups (broad SMARTS) is 1. The average molecular weight is 528 g/mol. The summed E-state index contributed by atoms with van der Waals surface area (Å²) in [6, 6.07) is 10.6. The maximum atomic E-state index is 13.3. The van der Waals surface area contributed by atoms with Crippen LogP contribution in [0.5, 0.6) is 0 Å². The first-order valence-electron chi connectivity index (χ1n) is 11.8. The van der Waals surface area contributed by atoms with E-state index in [1.54, 1.807) is 22.9 Å². The third-order valence-electron chi connectivity index (χ3n) is 6.50. The molecule has 9 nitrogen and oxygen atoms in total. The number of nitrogens with zero attached hydrogens (tertiary/aromatic N) is 4. The maximum absolute atomic E-state index is 13.3. The van der Waals surface area contributed by atoms with Crippen LogP contribution in [0.2, 0.25) is 4.34 Å². The van der Waals surface area contributed by atoms with Crippen LogP contribution in [0.4, 0.5) is 0 Å². The average Bonchev–Trinajstić information content (AvgIpc) is 3.58. The number of nitrogens with one attached hydrogen (secondary N) is 1. The Morgan fingerprint density at radius 3 is 2.67 bits per heavy atom. The van der Waals surface area contributed by atoms with Crippen molar-refractivity contribution in [2.24, 2.45) is 0 Å². The Hall–Kier alpha value is -3.21. The fourth-order valence-corrected chi connectivity index (χ4v) is 5.50. The first kappa shape index (κ1) is 24.5. The standard InChI is InChI=1S/C25H26ClN5O4S/c1-14(2)30-9-7-16(8-10-30)27-24(32)23-18-4-3-15(25(33)34)11-19(18)31(28-23)13-17-12-20(35-29-17)21-5-6-22(26)36-21/h3-6,11-12,14,16H,7-10,13H2,1-2H3,(H,27,32)(H,33,34). The molecule has 0 aliphatic carbocycles. The van der Waals surface area contributed by atoms with Gasteiger partial charge >= 0.3 is 5.97 Å². The van der Waals surface area contributed by atoms with Crippen molar-refractivity contribution in [1.82, 2.24) is 25.2 Å². The molecule has 0 bridgehead atoms. The summed E-state index contributed by atoms with van der Waals surface area (Å²) in [5.41, 5.74) is 1.51. The quantitative estimate of drug-likeness (QED) is 0.356. The number of aromatic nitrogens is 3. The Kier molecular flexibility index (Phi) is 6.83. The number of rotatable bonds is 7. The summed E-state index contributed by atoms with van der Waals surface area (Å²) in [4.78, 5) is 28.1. The fourth-order valence-electron chi connectivity index (χ4n) is 4.51. The van der Waals surface area contributed by atoms with Crippen molar-refractivity contribution in [3.63, 3.8) is 0 Å². The van der Waals surface area contributed by atoms with Crippen LogP contribution in [-0.4, -0.2) is 62.0 Å². The van der Waals surface area contributed by atoms with Gasteiger partial charge in [-0.3, -0.25) is 9.48 Å². The fraction of sp³-hybridized carbons (Fsp3) is 0.360. The molecule has 1 aliphatic heterocycles. The minimum atomic E-state index is -1.05. The number of benzene rings is 1. The molecule has 3 aromatic heterocycles. The number of thiophene rings is 1. The van der Waals surface area contributed by atoms with Gasteiger partial charge < -0.3 is 19.8 Å². The number of likely N-dealkylation sites (tertiary alicyclic amines) is 1. The zero-order chi connectivity index (χ0) is 25.4. The zero-order valence-electron chi connectivity index (χ0n) is 19.9. The zero-order valence-corrected chi connectivity index (χ0v) is 21.5. The van der Waals surface area contributed by atoms with Gasteiger partial charge in [-0.15, -0.1) is 11.3 Å². The van der Waals surface area contributed by atoms with Gasteiger partial charge in [0.15, 0.2) is 11.5 Å². The second-order valence-corrected chi connectivity index (χ2v) is 10.9. The minimum Gasteiger partial charge on any atom is -0.478 e.